The molecule has 5 heteroatoms. The summed E-state index contributed by atoms with van der Waals surface area (Å²) in [6.45, 7) is 2.33. The molecule has 2 heterocycles. The summed E-state index contributed by atoms with van der Waals surface area (Å²) in [5.41, 5.74) is 0.927. The Labute approximate surface area is 111 Å². The van der Waals surface area contributed by atoms with Crippen LogP contribution in [0, 0.1) is 5.92 Å². The van der Waals surface area contributed by atoms with Gasteiger partial charge in [-0.1, -0.05) is 24.8 Å². The van der Waals surface area contributed by atoms with E-state index in [9.17, 15) is 0 Å². The van der Waals surface area contributed by atoms with Crippen molar-refractivity contribution >= 4 is 17.4 Å². The van der Waals surface area contributed by atoms with E-state index in [-0.39, 0.29) is 0 Å². The summed E-state index contributed by atoms with van der Waals surface area (Å²) in [7, 11) is 2.06. The highest BCUT2D eigenvalue weighted by Gasteiger charge is 2.33. The monoisotopic (exact) mass is 262 g/mol. The first-order chi connectivity index (χ1) is 8.79. The Morgan fingerprint density at radius 1 is 1.33 bits per heavy atom. The number of nitrogens with one attached hydrogen (secondary N) is 1. The van der Waals surface area contributed by atoms with Gasteiger partial charge >= 0.3 is 0 Å². The molecule has 0 saturated heterocycles. The third kappa shape index (κ3) is 2.01. The van der Waals surface area contributed by atoms with Gasteiger partial charge in [0.2, 0.25) is 0 Å². The molecule has 1 aliphatic rings. The number of rotatable bonds is 3. The fraction of sp³-hybridized carbons (Fsp3) is 0.538. The third-order valence-corrected chi connectivity index (χ3v) is 5.35. The van der Waals surface area contributed by atoms with Gasteiger partial charge in [-0.15, -0.1) is 10.2 Å². The average Bonchev–Trinajstić information content (AvgIpc) is 2.96. The molecule has 0 bridgehead atoms. The molecule has 3 rings (SSSR count). The van der Waals surface area contributed by atoms with Crippen LogP contribution in [0.5, 0.6) is 0 Å². The average molecular weight is 262 g/mol. The smallest absolute Gasteiger partial charge is 0.195 e. The van der Waals surface area contributed by atoms with E-state index in [1.54, 1.807) is 0 Å². The maximum absolute atomic E-state index is 4.30. The summed E-state index contributed by atoms with van der Waals surface area (Å²) in [5, 5.41) is 13.6. The lowest BCUT2D eigenvalue weighted by molar-refractivity contribution is 0.463. The van der Waals surface area contributed by atoms with E-state index in [0.29, 0.717) is 17.2 Å². The third-order valence-electron chi connectivity index (χ3n) is 3.89. The fourth-order valence-electron chi connectivity index (χ4n) is 2.74. The Morgan fingerprint density at radius 2 is 2.22 bits per heavy atom. The second-order valence-corrected chi connectivity index (χ2v) is 6.11. The molecule has 4 nitrogen and oxygen atoms in total. The summed E-state index contributed by atoms with van der Waals surface area (Å²) < 4.78 is 2.07. The van der Waals surface area contributed by atoms with Crippen LogP contribution in [0.25, 0.3) is 5.65 Å². The van der Waals surface area contributed by atoms with E-state index in [1.165, 1.54) is 12.8 Å². The normalized spacial score (nSPS) is 28.0. The van der Waals surface area contributed by atoms with E-state index in [2.05, 4.69) is 33.9 Å². The number of fused-ring (bicyclic) bond motifs is 1. The summed E-state index contributed by atoms with van der Waals surface area (Å²) >= 11 is 1.86. The van der Waals surface area contributed by atoms with Crippen LogP contribution in [0.15, 0.2) is 29.6 Å². The van der Waals surface area contributed by atoms with E-state index in [1.807, 2.05) is 36.2 Å². The minimum Gasteiger partial charge on any atom is -0.317 e. The van der Waals surface area contributed by atoms with Crippen LogP contribution < -0.4 is 5.32 Å². The summed E-state index contributed by atoms with van der Waals surface area (Å²) in [4.78, 5) is 0. The molecule has 1 fully saturated rings. The Balaban J connectivity index is 1.81. The van der Waals surface area contributed by atoms with Crippen LogP contribution >= 0.6 is 11.8 Å². The van der Waals surface area contributed by atoms with Gasteiger partial charge in [-0.05, 0) is 37.9 Å². The highest BCUT2D eigenvalue weighted by atomic mass is 32.2. The minimum atomic E-state index is 0.634. The van der Waals surface area contributed by atoms with Crippen molar-refractivity contribution in [3.63, 3.8) is 0 Å². The first kappa shape index (κ1) is 12.0. The molecule has 0 spiro atoms. The van der Waals surface area contributed by atoms with Crippen LogP contribution in [0.3, 0.4) is 0 Å². The first-order valence-corrected chi connectivity index (χ1v) is 7.31. The molecule has 3 unspecified atom stereocenters. The van der Waals surface area contributed by atoms with Crippen molar-refractivity contribution < 1.29 is 0 Å². The summed E-state index contributed by atoms with van der Waals surface area (Å²) in [6.07, 6.45) is 4.54. The van der Waals surface area contributed by atoms with Crippen LogP contribution in [0.1, 0.15) is 19.8 Å². The molecule has 0 amide bonds. The Morgan fingerprint density at radius 3 is 3.00 bits per heavy atom. The van der Waals surface area contributed by atoms with Crippen molar-refractivity contribution in [3.05, 3.63) is 24.4 Å². The molecular formula is C13H18N4S. The second-order valence-electron chi connectivity index (χ2n) is 4.90. The van der Waals surface area contributed by atoms with Gasteiger partial charge in [0.1, 0.15) is 0 Å². The van der Waals surface area contributed by atoms with Gasteiger partial charge in [-0.2, -0.15) is 0 Å². The molecule has 3 atom stereocenters. The lowest BCUT2D eigenvalue weighted by Crippen LogP contribution is -2.30. The fourth-order valence-corrected chi connectivity index (χ4v) is 4.02. The molecule has 0 radical (unpaired) electrons. The second kappa shape index (κ2) is 4.90. The Kier molecular flexibility index (Phi) is 3.26. The molecule has 0 aromatic carbocycles. The lowest BCUT2D eigenvalue weighted by atomic mass is 10.1. The number of thioether (sulfide) groups is 1. The van der Waals surface area contributed by atoms with E-state index >= 15 is 0 Å². The molecule has 1 aliphatic carbocycles. The van der Waals surface area contributed by atoms with Crippen molar-refractivity contribution in [3.8, 4) is 0 Å². The molecule has 2 aromatic rings. The van der Waals surface area contributed by atoms with Crippen molar-refractivity contribution in [2.45, 2.75) is 36.2 Å². The predicted octanol–water partition coefficient (Wildman–Crippen LogP) is 2.21. The number of aromatic nitrogens is 3. The quantitative estimate of drug-likeness (QED) is 0.921. The maximum Gasteiger partial charge on any atom is 0.195 e. The van der Waals surface area contributed by atoms with Gasteiger partial charge in [0.15, 0.2) is 10.8 Å². The largest absolute Gasteiger partial charge is 0.317 e. The van der Waals surface area contributed by atoms with Gasteiger partial charge < -0.3 is 5.32 Å². The number of pyridine rings is 1. The lowest BCUT2D eigenvalue weighted by Gasteiger charge is -2.18. The van der Waals surface area contributed by atoms with Gasteiger partial charge in [0.25, 0.3) is 0 Å². The van der Waals surface area contributed by atoms with Crippen molar-refractivity contribution in [2.24, 2.45) is 5.92 Å². The number of hydrogen-bond acceptors (Lipinski definition) is 4. The molecular weight excluding hydrogens is 244 g/mol. The van der Waals surface area contributed by atoms with Crippen LogP contribution in [-0.2, 0) is 0 Å². The maximum atomic E-state index is 4.30. The first-order valence-electron chi connectivity index (χ1n) is 6.43. The number of hydrogen-bond donors (Lipinski definition) is 1. The SMILES string of the molecule is CNC1CCC(Sc2nnc3ccccn23)C1C. The zero-order chi connectivity index (χ0) is 12.5. The zero-order valence-electron chi connectivity index (χ0n) is 10.7. The van der Waals surface area contributed by atoms with Crippen LogP contribution in [0.4, 0.5) is 0 Å². The van der Waals surface area contributed by atoms with Crippen molar-refractivity contribution in [2.75, 3.05) is 7.05 Å². The van der Waals surface area contributed by atoms with E-state index in [4.69, 9.17) is 0 Å². The molecule has 2 aromatic heterocycles. The van der Waals surface area contributed by atoms with Gasteiger partial charge in [0.05, 0.1) is 0 Å². The standard InChI is InChI=1S/C13H18N4S/c1-9-10(14-2)6-7-11(9)18-13-16-15-12-5-3-4-8-17(12)13/h3-5,8-11,14H,6-7H2,1-2H3. The molecule has 1 N–H and O–H groups in total. The number of nitrogens with zero attached hydrogens (tertiary/aromatic N) is 3. The topological polar surface area (TPSA) is 42.2 Å². The van der Waals surface area contributed by atoms with Gasteiger partial charge in [-0.25, -0.2) is 0 Å². The minimum absolute atomic E-state index is 0.634. The van der Waals surface area contributed by atoms with Gasteiger partial charge in [-0.3, -0.25) is 4.40 Å². The molecule has 0 aliphatic heterocycles. The van der Waals surface area contributed by atoms with Crippen molar-refractivity contribution in [1.29, 1.82) is 0 Å². The highest BCUT2D eigenvalue weighted by Crippen LogP contribution is 2.38. The zero-order valence-corrected chi connectivity index (χ0v) is 11.5. The van der Waals surface area contributed by atoms with Crippen LogP contribution in [0.2, 0.25) is 0 Å². The molecule has 96 valence electrons. The van der Waals surface area contributed by atoms with Gasteiger partial charge in [0, 0.05) is 17.5 Å². The Hall–Kier alpha value is -1.07. The van der Waals surface area contributed by atoms with Crippen molar-refractivity contribution in [1.82, 2.24) is 19.9 Å². The van der Waals surface area contributed by atoms with Crippen LogP contribution in [-0.4, -0.2) is 32.9 Å². The molecule has 1 saturated carbocycles. The summed E-state index contributed by atoms with van der Waals surface area (Å²) in [5.74, 6) is 0.677. The van der Waals surface area contributed by atoms with E-state index < -0.39 is 0 Å². The summed E-state index contributed by atoms with van der Waals surface area (Å²) in [6, 6.07) is 6.65. The molecule has 18 heavy (non-hydrogen) atoms. The predicted molar refractivity (Wildman–Crippen MR) is 73.9 cm³/mol. The highest BCUT2D eigenvalue weighted by molar-refractivity contribution is 7.99. The van der Waals surface area contributed by atoms with E-state index in [0.717, 1.165) is 10.8 Å². The Bertz CT molecular complexity index is 539.